The number of anilines is 1. The third-order valence-corrected chi connectivity index (χ3v) is 4.59. The molecule has 3 heteroatoms. The summed E-state index contributed by atoms with van der Waals surface area (Å²) in [7, 11) is 0. The molecule has 0 aromatic heterocycles. The van der Waals surface area contributed by atoms with Gasteiger partial charge >= 0.3 is 0 Å². The Morgan fingerprint density at radius 1 is 1.10 bits per heavy atom. The fraction of sp³-hybridized carbons (Fsp3) is 0.333. The highest BCUT2D eigenvalue weighted by Gasteiger charge is 2.39. The maximum absolute atomic E-state index is 13.6. The van der Waals surface area contributed by atoms with Crippen LogP contribution in [-0.4, -0.2) is 6.61 Å². The van der Waals surface area contributed by atoms with Gasteiger partial charge in [0.05, 0.1) is 12.1 Å². The Kier molecular flexibility index (Phi) is 3.15. The maximum Gasteiger partial charge on any atom is 0.123 e. The second kappa shape index (κ2) is 5.15. The topological polar surface area (TPSA) is 21.3 Å². The summed E-state index contributed by atoms with van der Waals surface area (Å²) in [4.78, 5) is 0. The summed E-state index contributed by atoms with van der Waals surface area (Å²) in [5, 5.41) is 3.59. The number of nitrogens with one attached hydrogen (secondary N) is 1. The molecule has 0 unspecified atom stereocenters. The first-order valence-electron chi connectivity index (χ1n) is 7.55. The average molecular weight is 283 g/mol. The fourth-order valence-corrected chi connectivity index (χ4v) is 3.63. The van der Waals surface area contributed by atoms with Crippen LogP contribution in [0.1, 0.15) is 36.1 Å². The van der Waals surface area contributed by atoms with Gasteiger partial charge in [-0.3, -0.25) is 0 Å². The average Bonchev–Trinajstić information content (AvgIpc) is 2.55. The molecule has 0 bridgehead atoms. The van der Waals surface area contributed by atoms with Gasteiger partial charge in [0, 0.05) is 23.8 Å². The Balaban J connectivity index is 1.79. The standard InChI is InChI=1S/C18H18FNO/c19-13-8-9-16-15(11-13)18-14(7-4-10-21-18)17(20-16)12-5-2-1-3-6-12/h1-3,5-6,8-9,11,14,17-18,20H,4,7,10H2/t14-,17-,18-/m1/s1. The lowest BCUT2D eigenvalue weighted by Gasteiger charge is -2.43. The largest absolute Gasteiger partial charge is 0.378 e. The van der Waals surface area contributed by atoms with Crippen LogP contribution in [0, 0.1) is 11.7 Å². The summed E-state index contributed by atoms with van der Waals surface area (Å²) in [6.07, 6.45) is 2.17. The van der Waals surface area contributed by atoms with Gasteiger partial charge in [0.25, 0.3) is 0 Å². The highest BCUT2D eigenvalue weighted by Crippen LogP contribution is 2.49. The molecular formula is C18H18FNO. The van der Waals surface area contributed by atoms with Crippen molar-refractivity contribution < 1.29 is 9.13 Å². The summed E-state index contributed by atoms with van der Waals surface area (Å²) < 4.78 is 19.6. The van der Waals surface area contributed by atoms with Crippen LogP contribution in [-0.2, 0) is 4.74 Å². The molecule has 1 saturated heterocycles. The molecule has 2 aliphatic rings. The molecule has 4 rings (SSSR count). The summed E-state index contributed by atoms with van der Waals surface area (Å²) >= 11 is 0. The highest BCUT2D eigenvalue weighted by molar-refractivity contribution is 5.57. The predicted octanol–water partition coefficient (Wildman–Crippen LogP) is 4.46. The Bertz CT molecular complexity index is 643. The minimum atomic E-state index is -0.193. The van der Waals surface area contributed by atoms with Crippen molar-refractivity contribution in [3.63, 3.8) is 0 Å². The van der Waals surface area contributed by atoms with Crippen LogP contribution in [0.2, 0.25) is 0 Å². The van der Waals surface area contributed by atoms with Gasteiger partial charge in [0.15, 0.2) is 0 Å². The molecule has 2 aliphatic heterocycles. The zero-order valence-electron chi connectivity index (χ0n) is 11.8. The zero-order valence-corrected chi connectivity index (χ0v) is 11.8. The second-order valence-electron chi connectivity index (χ2n) is 5.86. The number of hydrogen-bond acceptors (Lipinski definition) is 2. The summed E-state index contributed by atoms with van der Waals surface area (Å²) in [6, 6.07) is 15.7. The first-order valence-corrected chi connectivity index (χ1v) is 7.55. The molecule has 0 radical (unpaired) electrons. The molecule has 21 heavy (non-hydrogen) atoms. The molecule has 2 aromatic rings. The number of hydrogen-bond donors (Lipinski definition) is 1. The van der Waals surface area contributed by atoms with Crippen LogP contribution in [0.15, 0.2) is 48.5 Å². The molecule has 1 fully saturated rings. The molecular weight excluding hydrogens is 265 g/mol. The molecule has 3 atom stereocenters. The minimum absolute atomic E-state index is 0.00379. The van der Waals surface area contributed by atoms with Crippen molar-refractivity contribution in [1.29, 1.82) is 0 Å². The molecule has 2 nitrogen and oxygen atoms in total. The normalized spacial score (nSPS) is 27.4. The van der Waals surface area contributed by atoms with E-state index in [2.05, 4.69) is 29.6 Å². The van der Waals surface area contributed by atoms with Gasteiger partial charge in [-0.25, -0.2) is 4.39 Å². The van der Waals surface area contributed by atoms with Gasteiger partial charge in [-0.1, -0.05) is 30.3 Å². The Hall–Kier alpha value is -1.87. The fourth-order valence-electron chi connectivity index (χ4n) is 3.63. The highest BCUT2D eigenvalue weighted by atomic mass is 19.1. The van der Waals surface area contributed by atoms with E-state index in [0.717, 1.165) is 30.7 Å². The van der Waals surface area contributed by atoms with E-state index in [-0.39, 0.29) is 18.0 Å². The Labute approximate surface area is 123 Å². The van der Waals surface area contributed by atoms with Crippen molar-refractivity contribution in [2.45, 2.75) is 25.0 Å². The van der Waals surface area contributed by atoms with E-state index in [1.807, 2.05) is 12.1 Å². The van der Waals surface area contributed by atoms with Crippen LogP contribution in [0.4, 0.5) is 10.1 Å². The van der Waals surface area contributed by atoms with Crippen molar-refractivity contribution in [3.8, 4) is 0 Å². The van der Waals surface area contributed by atoms with Crippen molar-refractivity contribution in [2.24, 2.45) is 5.92 Å². The van der Waals surface area contributed by atoms with Crippen LogP contribution in [0.3, 0.4) is 0 Å². The third kappa shape index (κ3) is 2.22. The van der Waals surface area contributed by atoms with Crippen LogP contribution < -0.4 is 5.32 Å². The Morgan fingerprint density at radius 2 is 1.95 bits per heavy atom. The lowest BCUT2D eigenvalue weighted by atomic mass is 9.77. The maximum atomic E-state index is 13.6. The van der Waals surface area contributed by atoms with Gasteiger partial charge in [0.2, 0.25) is 0 Å². The second-order valence-corrected chi connectivity index (χ2v) is 5.86. The van der Waals surface area contributed by atoms with E-state index in [9.17, 15) is 4.39 Å². The van der Waals surface area contributed by atoms with E-state index in [1.54, 1.807) is 6.07 Å². The van der Waals surface area contributed by atoms with Gasteiger partial charge in [0.1, 0.15) is 5.82 Å². The zero-order chi connectivity index (χ0) is 14.2. The molecule has 2 aromatic carbocycles. The van der Waals surface area contributed by atoms with Crippen LogP contribution in [0.5, 0.6) is 0 Å². The molecule has 1 N–H and O–H groups in total. The third-order valence-electron chi connectivity index (χ3n) is 4.59. The van der Waals surface area contributed by atoms with E-state index in [1.165, 1.54) is 11.6 Å². The minimum Gasteiger partial charge on any atom is -0.378 e. The van der Waals surface area contributed by atoms with Gasteiger partial charge in [-0.2, -0.15) is 0 Å². The summed E-state index contributed by atoms with van der Waals surface area (Å²) in [5.41, 5.74) is 3.23. The molecule has 108 valence electrons. The van der Waals surface area contributed by atoms with E-state index in [0.29, 0.717) is 5.92 Å². The number of rotatable bonds is 1. The monoisotopic (exact) mass is 283 g/mol. The number of halogens is 1. The van der Waals surface area contributed by atoms with Crippen molar-refractivity contribution >= 4 is 5.69 Å². The number of ether oxygens (including phenoxy) is 1. The van der Waals surface area contributed by atoms with Crippen molar-refractivity contribution in [1.82, 2.24) is 0 Å². The quantitative estimate of drug-likeness (QED) is 0.834. The summed E-state index contributed by atoms with van der Waals surface area (Å²) in [6.45, 7) is 0.763. The smallest absolute Gasteiger partial charge is 0.123 e. The van der Waals surface area contributed by atoms with E-state index < -0.39 is 0 Å². The SMILES string of the molecule is Fc1ccc2c(c1)[C@@H]1OCCC[C@@H]1[C@@H](c1ccccc1)N2. The lowest BCUT2D eigenvalue weighted by molar-refractivity contribution is -0.0382. The van der Waals surface area contributed by atoms with Crippen LogP contribution in [0.25, 0.3) is 0 Å². The molecule has 0 spiro atoms. The molecule has 0 amide bonds. The van der Waals surface area contributed by atoms with Crippen molar-refractivity contribution in [3.05, 3.63) is 65.5 Å². The first-order chi connectivity index (χ1) is 10.3. The Morgan fingerprint density at radius 3 is 2.81 bits per heavy atom. The number of benzene rings is 2. The van der Waals surface area contributed by atoms with E-state index in [4.69, 9.17) is 4.74 Å². The van der Waals surface area contributed by atoms with E-state index >= 15 is 0 Å². The molecule has 0 aliphatic carbocycles. The van der Waals surface area contributed by atoms with Gasteiger partial charge in [-0.05, 0) is 36.6 Å². The molecule has 0 saturated carbocycles. The van der Waals surface area contributed by atoms with Gasteiger partial charge < -0.3 is 10.1 Å². The number of fused-ring (bicyclic) bond motifs is 3. The first kappa shape index (κ1) is 12.8. The predicted molar refractivity (Wildman–Crippen MR) is 80.6 cm³/mol. The molecule has 2 heterocycles. The van der Waals surface area contributed by atoms with Gasteiger partial charge in [-0.15, -0.1) is 0 Å². The lowest BCUT2D eigenvalue weighted by Crippen LogP contribution is -2.36. The summed E-state index contributed by atoms with van der Waals surface area (Å²) in [5.74, 6) is 0.164. The van der Waals surface area contributed by atoms with Crippen LogP contribution >= 0.6 is 0 Å². The van der Waals surface area contributed by atoms with Crippen molar-refractivity contribution in [2.75, 3.05) is 11.9 Å².